The highest BCUT2D eigenvalue weighted by molar-refractivity contribution is 7.99. The summed E-state index contributed by atoms with van der Waals surface area (Å²) in [4.78, 5) is 20.5. The highest BCUT2D eigenvalue weighted by Gasteiger charge is 2.19. The van der Waals surface area contributed by atoms with Gasteiger partial charge in [0.1, 0.15) is 0 Å². The molecule has 4 heterocycles. The summed E-state index contributed by atoms with van der Waals surface area (Å²) in [6, 6.07) is 1.94. The van der Waals surface area contributed by atoms with Gasteiger partial charge in [-0.15, -0.1) is 5.10 Å². The average molecular weight is 369 g/mol. The molecule has 1 fully saturated rings. The summed E-state index contributed by atoms with van der Waals surface area (Å²) in [7, 11) is 0. The van der Waals surface area contributed by atoms with Crippen molar-refractivity contribution in [3.05, 3.63) is 24.2 Å². The second kappa shape index (κ2) is 7.19. The molecule has 1 aliphatic rings. The Labute approximate surface area is 157 Å². The molecule has 0 unspecified atom stereocenters. The van der Waals surface area contributed by atoms with Gasteiger partial charge < -0.3 is 4.90 Å². The first kappa shape index (κ1) is 17.2. The molecule has 0 aliphatic carbocycles. The molecular weight excluding hydrogens is 346 g/mol. The van der Waals surface area contributed by atoms with Crippen molar-refractivity contribution < 1.29 is 0 Å². The second-order valence-electron chi connectivity index (χ2n) is 6.71. The molecule has 0 saturated carbocycles. The molecule has 1 saturated heterocycles. The predicted molar refractivity (Wildman–Crippen MR) is 104 cm³/mol. The third-order valence-electron chi connectivity index (χ3n) is 4.85. The van der Waals surface area contributed by atoms with Gasteiger partial charge >= 0.3 is 0 Å². The van der Waals surface area contributed by atoms with E-state index in [2.05, 4.69) is 38.8 Å². The van der Waals surface area contributed by atoms with Crippen molar-refractivity contribution >= 4 is 23.5 Å². The van der Waals surface area contributed by atoms with Crippen molar-refractivity contribution in [3.8, 4) is 11.3 Å². The summed E-state index contributed by atoms with van der Waals surface area (Å²) >= 11 is 1.62. The number of hydrogen-bond acceptors (Lipinski definition) is 7. The van der Waals surface area contributed by atoms with E-state index < -0.39 is 0 Å². The number of aryl methyl sites for hydroxylation is 1. The van der Waals surface area contributed by atoms with Gasteiger partial charge in [0.15, 0.2) is 0 Å². The summed E-state index contributed by atoms with van der Waals surface area (Å²) in [5.41, 5.74) is 2.83. The lowest BCUT2D eigenvalue weighted by Crippen LogP contribution is -2.34. The Bertz CT molecular complexity index is 915. The van der Waals surface area contributed by atoms with E-state index in [4.69, 9.17) is 4.98 Å². The van der Waals surface area contributed by atoms with Crippen LogP contribution in [-0.2, 0) is 0 Å². The Balaban J connectivity index is 1.69. The molecule has 136 valence electrons. The van der Waals surface area contributed by atoms with Crippen LogP contribution < -0.4 is 4.90 Å². The van der Waals surface area contributed by atoms with Gasteiger partial charge in [-0.2, -0.15) is 9.50 Å². The number of anilines is 1. The zero-order valence-corrected chi connectivity index (χ0v) is 16.2. The molecule has 0 aromatic carbocycles. The standard InChI is InChI=1S/C18H23N7S/c1-4-26-18-22-17-20-11-14(13(3)25(17)23-18)15-5-8-19-16(21-15)24-9-6-12(2)7-10-24/h5,8,11-12H,4,6-7,9-10H2,1-3H3. The van der Waals surface area contributed by atoms with Crippen LogP contribution in [0.3, 0.4) is 0 Å². The lowest BCUT2D eigenvalue weighted by atomic mass is 10.00. The smallest absolute Gasteiger partial charge is 0.253 e. The van der Waals surface area contributed by atoms with Gasteiger partial charge in [-0.25, -0.2) is 15.0 Å². The van der Waals surface area contributed by atoms with Crippen LogP contribution in [0.25, 0.3) is 17.0 Å². The van der Waals surface area contributed by atoms with Crippen LogP contribution in [0, 0.1) is 12.8 Å². The molecule has 0 radical (unpaired) electrons. The van der Waals surface area contributed by atoms with Gasteiger partial charge in [0.05, 0.1) is 11.4 Å². The Hall–Kier alpha value is -2.22. The molecule has 8 heteroatoms. The van der Waals surface area contributed by atoms with E-state index in [0.29, 0.717) is 5.78 Å². The fourth-order valence-electron chi connectivity index (χ4n) is 3.22. The summed E-state index contributed by atoms with van der Waals surface area (Å²) < 4.78 is 1.80. The molecule has 3 aromatic rings. The summed E-state index contributed by atoms with van der Waals surface area (Å²) in [6.07, 6.45) is 6.05. The van der Waals surface area contributed by atoms with Crippen molar-refractivity contribution in [2.75, 3.05) is 23.7 Å². The second-order valence-corrected chi connectivity index (χ2v) is 7.94. The van der Waals surface area contributed by atoms with Crippen LogP contribution in [0.2, 0.25) is 0 Å². The molecule has 0 bridgehead atoms. The van der Waals surface area contributed by atoms with E-state index in [1.165, 1.54) is 12.8 Å². The lowest BCUT2D eigenvalue weighted by molar-refractivity contribution is 0.434. The van der Waals surface area contributed by atoms with Gasteiger partial charge in [0, 0.05) is 31.0 Å². The maximum Gasteiger partial charge on any atom is 0.253 e. The van der Waals surface area contributed by atoms with Crippen molar-refractivity contribution in [1.29, 1.82) is 0 Å². The number of piperidine rings is 1. The first-order chi connectivity index (χ1) is 12.7. The van der Waals surface area contributed by atoms with E-state index in [1.807, 2.05) is 25.4 Å². The minimum atomic E-state index is 0.626. The van der Waals surface area contributed by atoms with Crippen molar-refractivity contribution in [1.82, 2.24) is 29.5 Å². The van der Waals surface area contributed by atoms with Crippen LogP contribution in [0.15, 0.2) is 23.6 Å². The minimum Gasteiger partial charge on any atom is -0.341 e. The van der Waals surface area contributed by atoms with Crippen LogP contribution in [0.5, 0.6) is 0 Å². The van der Waals surface area contributed by atoms with Gasteiger partial charge in [0.2, 0.25) is 11.1 Å². The Morgan fingerprint density at radius 2 is 2.00 bits per heavy atom. The van der Waals surface area contributed by atoms with E-state index in [1.54, 1.807) is 16.3 Å². The number of rotatable bonds is 4. The number of thioether (sulfide) groups is 1. The number of fused-ring (bicyclic) bond motifs is 1. The van der Waals surface area contributed by atoms with E-state index in [-0.39, 0.29) is 0 Å². The van der Waals surface area contributed by atoms with E-state index >= 15 is 0 Å². The quantitative estimate of drug-likeness (QED) is 0.654. The molecule has 0 spiro atoms. The van der Waals surface area contributed by atoms with Gasteiger partial charge in [-0.05, 0) is 37.5 Å². The first-order valence-electron chi connectivity index (χ1n) is 9.09. The maximum absolute atomic E-state index is 4.81. The molecule has 0 atom stereocenters. The Morgan fingerprint density at radius 1 is 1.19 bits per heavy atom. The highest BCUT2D eigenvalue weighted by Crippen LogP contribution is 2.25. The monoisotopic (exact) mass is 369 g/mol. The Morgan fingerprint density at radius 3 is 2.77 bits per heavy atom. The fourth-order valence-corrected chi connectivity index (χ4v) is 3.77. The largest absolute Gasteiger partial charge is 0.341 e. The van der Waals surface area contributed by atoms with Crippen molar-refractivity contribution in [2.45, 2.75) is 38.8 Å². The summed E-state index contributed by atoms with van der Waals surface area (Å²) in [5, 5.41) is 5.32. The average Bonchev–Trinajstić information content (AvgIpc) is 3.07. The third-order valence-corrected chi connectivity index (χ3v) is 5.57. The Kier molecular flexibility index (Phi) is 4.76. The fraction of sp³-hybridized carbons (Fsp3) is 0.500. The molecule has 26 heavy (non-hydrogen) atoms. The minimum absolute atomic E-state index is 0.626. The normalized spacial score (nSPS) is 15.7. The van der Waals surface area contributed by atoms with Gasteiger partial charge in [-0.1, -0.05) is 25.6 Å². The molecule has 4 rings (SSSR count). The summed E-state index contributed by atoms with van der Waals surface area (Å²) in [6.45, 7) is 8.46. The molecule has 0 N–H and O–H groups in total. The van der Waals surface area contributed by atoms with Gasteiger partial charge in [0.25, 0.3) is 5.78 Å². The third kappa shape index (κ3) is 3.25. The van der Waals surface area contributed by atoms with Crippen LogP contribution in [0.1, 0.15) is 32.4 Å². The number of aromatic nitrogens is 6. The maximum atomic E-state index is 4.81. The zero-order valence-electron chi connectivity index (χ0n) is 15.4. The lowest BCUT2D eigenvalue weighted by Gasteiger charge is -2.30. The van der Waals surface area contributed by atoms with Crippen LogP contribution in [0.4, 0.5) is 5.95 Å². The van der Waals surface area contributed by atoms with Crippen LogP contribution in [-0.4, -0.2) is 48.4 Å². The predicted octanol–water partition coefficient (Wildman–Crippen LogP) is 3.24. The van der Waals surface area contributed by atoms with E-state index in [0.717, 1.165) is 52.8 Å². The number of nitrogens with zero attached hydrogens (tertiary/aromatic N) is 7. The van der Waals surface area contributed by atoms with Crippen molar-refractivity contribution in [3.63, 3.8) is 0 Å². The van der Waals surface area contributed by atoms with Crippen LogP contribution >= 0.6 is 11.8 Å². The van der Waals surface area contributed by atoms with Crippen molar-refractivity contribution in [2.24, 2.45) is 5.92 Å². The first-order valence-corrected chi connectivity index (χ1v) is 10.1. The summed E-state index contributed by atoms with van der Waals surface area (Å²) in [5.74, 6) is 3.15. The molecule has 1 aliphatic heterocycles. The molecule has 3 aromatic heterocycles. The molecule has 0 amide bonds. The SMILES string of the molecule is CCSc1nc2ncc(-c3ccnc(N4CCC(C)CC4)n3)c(C)n2n1. The van der Waals surface area contributed by atoms with Gasteiger partial charge in [-0.3, -0.25) is 0 Å². The van der Waals surface area contributed by atoms with E-state index in [9.17, 15) is 0 Å². The molecular formula is C18H23N7S. The highest BCUT2D eigenvalue weighted by atomic mass is 32.2. The molecule has 7 nitrogen and oxygen atoms in total. The number of hydrogen-bond donors (Lipinski definition) is 0. The zero-order chi connectivity index (χ0) is 18.1. The topological polar surface area (TPSA) is 72.1 Å².